The summed E-state index contributed by atoms with van der Waals surface area (Å²) < 4.78 is 7.39. The van der Waals surface area contributed by atoms with Gasteiger partial charge in [0.25, 0.3) is 0 Å². The van der Waals surface area contributed by atoms with Crippen molar-refractivity contribution < 1.29 is 4.74 Å². The second-order valence-corrected chi connectivity index (χ2v) is 4.72. The zero-order valence-corrected chi connectivity index (χ0v) is 11.8. The van der Waals surface area contributed by atoms with E-state index in [4.69, 9.17) is 10.5 Å². The lowest BCUT2D eigenvalue weighted by Crippen LogP contribution is -2.22. The van der Waals surface area contributed by atoms with Crippen LogP contribution in [-0.2, 0) is 17.9 Å². The van der Waals surface area contributed by atoms with Gasteiger partial charge in [-0.05, 0) is 22.4 Å². The van der Waals surface area contributed by atoms with E-state index in [9.17, 15) is 0 Å². The summed E-state index contributed by atoms with van der Waals surface area (Å²) in [4.78, 5) is 0. The number of hydrogen-bond acceptors (Lipinski definition) is 5. The Labute approximate surface area is 118 Å². The molecule has 0 fully saturated rings. The molecule has 1 atom stereocenters. The van der Waals surface area contributed by atoms with Crippen molar-refractivity contribution in [3.05, 3.63) is 41.7 Å². The number of ether oxygens (including phenoxy) is 1. The van der Waals surface area contributed by atoms with Gasteiger partial charge in [-0.25, -0.2) is 4.68 Å². The highest BCUT2D eigenvalue weighted by Crippen LogP contribution is 2.09. The van der Waals surface area contributed by atoms with Gasteiger partial charge in [-0.3, -0.25) is 0 Å². The quantitative estimate of drug-likeness (QED) is 0.793. The Hall–Kier alpha value is -1.79. The van der Waals surface area contributed by atoms with Crippen LogP contribution < -0.4 is 5.73 Å². The molecular formula is C14H21N5O. The molecule has 0 aliphatic heterocycles. The first-order chi connectivity index (χ1) is 9.81. The van der Waals surface area contributed by atoms with E-state index in [1.54, 1.807) is 4.68 Å². The van der Waals surface area contributed by atoms with Crippen molar-refractivity contribution in [3.8, 4) is 0 Å². The lowest BCUT2D eigenvalue weighted by atomic mass is 10.2. The van der Waals surface area contributed by atoms with Crippen LogP contribution in [0.4, 0.5) is 0 Å². The molecule has 0 aliphatic rings. The number of hydrogen-bond donors (Lipinski definition) is 1. The molecule has 2 aromatic rings. The van der Waals surface area contributed by atoms with E-state index in [1.165, 1.54) is 0 Å². The van der Waals surface area contributed by atoms with Crippen LogP contribution in [0, 0.1) is 0 Å². The maximum absolute atomic E-state index is 6.09. The maximum Gasteiger partial charge on any atom is 0.170 e. The normalized spacial score (nSPS) is 12.5. The number of unbranched alkanes of at least 4 members (excludes halogenated alkanes) is 1. The van der Waals surface area contributed by atoms with Gasteiger partial charge < -0.3 is 10.5 Å². The Morgan fingerprint density at radius 3 is 2.85 bits per heavy atom. The van der Waals surface area contributed by atoms with E-state index in [1.807, 2.05) is 30.3 Å². The molecule has 1 aromatic heterocycles. The van der Waals surface area contributed by atoms with Crippen LogP contribution in [0.1, 0.15) is 37.2 Å². The minimum absolute atomic E-state index is 0.300. The van der Waals surface area contributed by atoms with Crippen LogP contribution in [0.2, 0.25) is 0 Å². The SMILES string of the molecule is CCCCn1nnnc1[C@H](N)COCc1ccccc1. The molecule has 0 bridgehead atoms. The highest BCUT2D eigenvalue weighted by atomic mass is 16.5. The third-order valence-electron chi connectivity index (χ3n) is 3.02. The average Bonchev–Trinajstić information content (AvgIpc) is 2.94. The molecule has 6 heteroatoms. The summed E-state index contributed by atoms with van der Waals surface area (Å²) in [6.45, 7) is 3.88. The number of tetrazole rings is 1. The lowest BCUT2D eigenvalue weighted by Gasteiger charge is -2.12. The Balaban J connectivity index is 1.82. The minimum Gasteiger partial charge on any atom is -0.375 e. The fraction of sp³-hybridized carbons (Fsp3) is 0.500. The number of nitrogens with zero attached hydrogens (tertiary/aromatic N) is 4. The van der Waals surface area contributed by atoms with Gasteiger partial charge in [0, 0.05) is 6.54 Å². The summed E-state index contributed by atoms with van der Waals surface area (Å²) in [5.74, 6) is 0.687. The van der Waals surface area contributed by atoms with Crippen molar-refractivity contribution in [2.45, 2.75) is 39.0 Å². The number of aromatic nitrogens is 4. The topological polar surface area (TPSA) is 78.9 Å². The summed E-state index contributed by atoms with van der Waals surface area (Å²) in [7, 11) is 0. The number of benzene rings is 1. The van der Waals surface area contributed by atoms with Gasteiger partial charge in [-0.2, -0.15) is 0 Å². The van der Waals surface area contributed by atoms with Crippen LogP contribution in [0.3, 0.4) is 0 Å². The van der Waals surface area contributed by atoms with Crippen molar-refractivity contribution in [3.63, 3.8) is 0 Å². The molecule has 0 amide bonds. The molecule has 6 nitrogen and oxygen atoms in total. The van der Waals surface area contributed by atoms with E-state index < -0.39 is 0 Å². The monoisotopic (exact) mass is 275 g/mol. The standard InChI is InChI=1S/C14H21N5O/c1-2-3-9-19-14(16-17-18-19)13(15)11-20-10-12-7-5-4-6-8-12/h4-8,13H,2-3,9-11,15H2,1H3/t13-/m1/s1. The van der Waals surface area contributed by atoms with Crippen molar-refractivity contribution in [2.24, 2.45) is 5.73 Å². The molecule has 0 radical (unpaired) electrons. The van der Waals surface area contributed by atoms with Crippen LogP contribution in [-0.4, -0.2) is 26.8 Å². The third kappa shape index (κ3) is 4.11. The van der Waals surface area contributed by atoms with E-state index in [-0.39, 0.29) is 6.04 Å². The van der Waals surface area contributed by atoms with Gasteiger partial charge in [0.05, 0.1) is 19.3 Å². The summed E-state index contributed by atoms with van der Waals surface area (Å²) >= 11 is 0. The Kier molecular flexibility index (Phi) is 5.64. The van der Waals surface area contributed by atoms with Gasteiger partial charge in [0.15, 0.2) is 5.82 Å². The molecule has 2 N–H and O–H groups in total. The predicted molar refractivity (Wildman–Crippen MR) is 75.8 cm³/mol. The lowest BCUT2D eigenvalue weighted by molar-refractivity contribution is 0.105. The molecule has 0 saturated heterocycles. The van der Waals surface area contributed by atoms with Crippen LogP contribution in [0.5, 0.6) is 0 Å². The van der Waals surface area contributed by atoms with E-state index in [2.05, 4.69) is 22.4 Å². The molecular weight excluding hydrogens is 254 g/mol. The highest BCUT2D eigenvalue weighted by molar-refractivity contribution is 5.13. The Morgan fingerprint density at radius 1 is 1.30 bits per heavy atom. The highest BCUT2D eigenvalue weighted by Gasteiger charge is 2.14. The largest absolute Gasteiger partial charge is 0.375 e. The van der Waals surface area contributed by atoms with Gasteiger partial charge in [-0.1, -0.05) is 43.7 Å². The molecule has 0 unspecified atom stereocenters. The number of nitrogens with two attached hydrogens (primary N) is 1. The maximum atomic E-state index is 6.09. The summed E-state index contributed by atoms with van der Waals surface area (Å²) in [6, 6.07) is 9.71. The Bertz CT molecular complexity index is 499. The van der Waals surface area contributed by atoms with Crippen LogP contribution in [0.25, 0.3) is 0 Å². The van der Waals surface area contributed by atoms with E-state index in [0.717, 1.165) is 24.9 Å². The molecule has 2 rings (SSSR count). The summed E-state index contributed by atoms with van der Waals surface area (Å²) in [5.41, 5.74) is 7.22. The van der Waals surface area contributed by atoms with Gasteiger partial charge in [0.1, 0.15) is 0 Å². The van der Waals surface area contributed by atoms with Crippen molar-refractivity contribution in [1.29, 1.82) is 0 Å². The molecule has 20 heavy (non-hydrogen) atoms. The molecule has 108 valence electrons. The number of rotatable bonds is 8. The molecule has 1 heterocycles. The molecule has 0 saturated carbocycles. The fourth-order valence-electron chi connectivity index (χ4n) is 1.90. The fourth-order valence-corrected chi connectivity index (χ4v) is 1.90. The predicted octanol–water partition coefficient (Wildman–Crippen LogP) is 1.69. The average molecular weight is 275 g/mol. The van der Waals surface area contributed by atoms with Crippen LogP contribution >= 0.6 is 0 Å². The number of aryl methyl sites for hydroxylation is 1. The van der Waals surface area contributed by atoms with Crippen molar-refractivity contribution in [2.75, 3.05) is 6.61 Å². The van der Waals surface area contributed by atoms with Gasteiger partial charge >= 0.3 is 0 Å². The smallest absolute Gasteiger partial charge is 0.170 e. The minimum atomic E-state index is -0.300. The van der Waals surface area contributed by atoms with E-state index >= 15 is 0 Å². The third-order valence-corrected chi connectivity index (χ3v) is 3.02. The van der Waals surface area contributed by atoms with Gasteiger partial charge in [0.2, 0.25) is 0 Å². The summed E-state index contributed by atoms with van der Waals surface area (Å²) in [5, 5.41) is 11.6. The first-order valence-corrected chi connectivity index (χ1v) is 6.94. The van der Waals surface area contributed by atoms with E-state index in [0.29, 0.717) is 19.0 Å². The zero-order chi connectivity index (χ0) is 14.2. The Morgan fingerprint density at radius 2 is 2.10 bits per heavy atom. The van der Waals surface area contributed by atoms with Crippen molar-refractivity contribution >= 4 is 0 Å². The second-order valence-electron chi connectivity index (χ2n) is 4.72. The first-order valence-electron chi connectivity index (χ1n) is 6.94. The van der Waals surface area contributed by atoms with Gasteiger partial charge in [-0.15, -0.1) is 5.10 Å². The van der Waals surface area contributed by atoms with Crippen molar-refractivity contribution in [1.82, 2.24) is 20.2 Å². The molecule has 1 aromatic carbocycles. The zero-order valence-electron chi connectivity index (χ0n) is 11.8. The molecule has 0 aliphatic carbocycles. The summed E-state index contributed by atoms with van der Waals surface area (Å²) in [6.07, 6.45) is 2.13. The van der Waals surface area contributed by atoms with Crippen LogP contribution in [0.15, 0.2) is 30.3 Å². The first kappa shape index (κ1) is 14.6. The molecule has 0 spiro atoms. The second kappa shape index (κ2) is 7.72.